The molecule has 0 saturated carbocycles. The largest absolute Gasteiger partial charge is 0.349 e. The van der Waals surface area contributed by atoms with Gasteiger partial charge in [-0.2, -0.15) is 0 Å². The van der Waals surface area contributed by atoms with Crippen LogP contribution in [-0.4, -0.2) is 11.9 Å². The van der Waals surface area contributed by atoms with Crippen LogP contribution < -0.4 is 5.32 Å². The second kappa shape index (κ2) is 7.52. The number of hydrogen-bond acceptors (Lipinski definition) is 1. The van der Waals surface area contributed by atoms with Gasteiger partial charge in [-0.3, -0.25) is 4.79 Å². The summed E-state index contributed by atoms with van der Waals surface area (Å²) in [6.45, 7) is 4.09. The minimum Gasteiger partial charge on any atom is -0.349 e. The van der Waals surface area contributed by atoms with E-state index in [1.807, 2.05) is 6.92 Å². The van der Waals surface area contributed by atoms with E-state index < -0.39 is 5.82 Å². The van der Waals surface area contributed by atoms with Crippen LogP contribution in [0.5, 0.6) is 0 Å². The van der Waals surface area contributed by atoms with Crippen molar-refractivity contribution in [3.8, 4) is 0 Å². The van der Waals surface area contributed by atoms with E-state index in [2.05, 4.69) is 28.2 Å². The Morgan fingerprint density at radius 1 is 1.44 bits per heavy atom. The maximum atomic E-state index is 13.5. The Morgan fingerprint density at radius 3 is 2.83 bits per heavy atom. The van der Waals surface area contributed by atoms with Crippen molar-refractivity contribution in [2.45, 2.75) is 45.6 Å². The highest BCUT2D eigenvalue weighted by Gasteiger charge is 2.14. The van der Waals surface area contributed by atoms with Gasteiger partial charge < -0.3 is 5.32 Å². The first-order chi connectivity index (χ1) is 8.54. The molecule has 0 radical (unpaired) electrons. The van der Waals surface area contributed by atoms with Gasteiger partial charge in [0.05, 0.1) is 5.56 Å². The van der Waals surface area contributed by atoms with Crippen molar-refractivity contribution < 1.29 is 9.18 Å². The Balaban J connectivity index is 2.56. The molecule has 0 bridgehead atoms. The summed E-state index contributed by atoms with van der Waals surface area (Å²) in [5.74, 6) is -0.839. The molecule has 0 aliphatic carbocycles. The molecule has 1 aromatic rings. The van der Waals surface area contributed by atoms with Crippen molar-refractivity contribution in [1.29, 1.82) is 0 Å². The molecule has 1 N–H and O–H groups in total. The highest BCUT2D eigenvalue weighted by atomic mass is 79.9. The van der Waals surface area contributed by atoms with Crippen LogP contribution in [0, 0.1) is 5.82 Å². The lowest BCUT2D eigenvalue weighted by molar-refractivity contribution is 0.0934. The number of rotatable bonds is 6. The third-order valence-electron chi connectivity index (χ3n) is 2.79. The van der Waals surface area contributed by atoms with Gasteiger partial charge in [0.25, 0.3) is 5.91 Å². The SMILES string of the molecule is CCCCCC(C)NC(=O)c1cc(Br)ccc1F. The fourth-order valence-electron chi connectivity index (χ4n) is 1.75. The van der Waals surface area contributed by atoms with Crippen LogP contribution in [0.3, 0.4) is 0 Å². The molecule has 0 spiro atoms. The first-order valence-electron chi connectivity index (χ1n) is 6.30. The number of hydrogen-bond donors (Lipinski definition) is 1. The normalized spacial score (nSPS) is 12.2. The molecular formula is C14H19BrFNO. The number of carbonyl (C=O) groups excluding carboxylic acids is 1. The lowest BCUT2D eigenvalue weighted by Crippen LogP contribution is -2.33. The van der Waals surface area contributed by atoms with Crippen LogP contribution in [0.25, 0.3) is 0 Å². The quantitative estimate of drug-likeness (QED) is 0.780. The Hall–Kier alpha value is -0.900. The maximum Gasteiger partial charge on any atom is 0.254 e. The van der Waals surface area contributed by atoms with E-state index in [0.717, 1.165) is 25.7 Å². The summed E-state index contributed by atoms with van der Waals surface area (Å²) in [5.41, 5.74) is 0.0896. The number of unbranched alkanes of at least 4 members (excludes halogenated alkanes) is 2. The molecular weight excluding hydrogens is 297 g/mol. The first-order valence-corrected chi connectivity index (χ1v) is 7.09. The Kier molecular flexibility index (Phi) is 6.33. The summed E-state index contributed by atoms with van der Waals surface area (Å²) in [7, 11) is 0. The lowest BCUT2D eigenvalue weighted by Gasteiger charge is -2.14. The number of amides is 1. The third kappa shape index (κ3) is 4.77. The number of benzene rings is 1. The van der Waals surface area contributed by atoms with Crippen molar-refractivity contribution >= 4 is 21.8 Å². The van der Waals surface area contributed by atoms with Crippen molar-refractivity contribution in [2.24, 2.45) is 0 Å². The Morgan fingerprint density at radius 2 is 2.17 bits per heavy atom. The molecule has 1 amide bonds. The molecule has 1 aromatic carbocycles. The molecule has 1 rings (SSSR count). The molecule has 18 heavy (non-hydrogen) atoms. The van der Waals surface area contributed by atoms with Crippen molar-refractivity contribution in [2.75, 3.05) is 0 Å². The number of carbonyl (C=O) groups is 1. The molecule has 0 aliphatic rings. The van der Waals surface area contributed by atoms with Crippen LogP contribution in [0.1, 0.15) is 49.9 Å². The van der Waals surface area contributed by atoms with Gasteiger partial charge in [-0.1, -0.05) is 42.1 Å². The van der Waals surface area contributed by atoms with Gasteiger partial charge in [-0.15, -0.1) is 0 Å². The highest BCUT2D eigenvalue weighted by Crippen LogP contribution is 2.16. The minimum atomic E-state index is -0.489. The lowest BCUT2D eigenvalue weighted by atomic mass is 10.1. The average molecular weight is 316 g/mol. The predicted octanol–water partition coefficient (Wildman–Crippen LogP) is 4.29. The zero-order valence-electron chi connectivity index (χ0n) is 10.8. The standard InChI is InChI=1S/C14H19BrFNO/c1-3-4-5-6-10(2)17-14(18)12-9-11(15)7-8-13(12)16/h7-10H,3-6H2,1-2H3,(H,17,18). The topological polar surface area (TPSA) is 29.1 Å². The molecule has 0 aliphatic heterocycles. The molecule has 0 aromatic heterocycles. The molecule has 0 saturated heterocycles. The van der Waals surface area contributed by atoms with Gasteiger partial charge in [-0.25, -0.2) is 4.39 Å². The number of halogens is 2. The fraction of sp³-hybridized carbons (Fsp3) is 0.500. The van der Waals surface area contributed by atoms with Gasteiger partial charge in [0.15, 0.2) is 0 Å². The van der Waals surface area contributed by atoms with Crippen molar-refractivity contribution in [3.05, 3.63) is 34.1 Å². The molecule has 2 nitrogen and oxygen atoms in total. The molecule has 1 atom stereocenters. The van der Waals surface area contributed by atoms with E-state index in [1.54, 1.807) is 6.07 Å². The summed E-state index contributed by atoms with van der Waals surface area (Å²) < 4.78 is 14.2. The number of nitrogens with one attached hydrogen (secondary N) is 1. The maximum absolute atomic E-state index is 13.5. The van der Waals surface area contributed by atoms with Crippen LogP contribution >= 0.6 is 15.9 Å². The second-order valence-electron chi connectivity index (χ2n) is 4.49. The Bertz CT molecular complexity index is 409. The molecule has 4 heteroatoms. The van der Waals surface area contributed by atoms with E-state index >= 15 is 0 Å². The molecule has 1 unspecified atom stereocenters. The van der Waals surface area contributed by atoms with Gasteiger partial charge in [0.2, 0.25) is 0 Å². The summed E-state index contributed by atoms with van der Waals surface area (Å²) in [5, 5.41) is 2.82. The smallest absolute Gasteiger partial charge is 0.254 e. The zero-order valence-corrected chi connectivity index (χ0v) is 12.4. The van der Waals surface area contributed by atoms with Crippen LogP contribution in [-0.2, 0) is 0 Å². The zero-order chi connectivity index (χ0) is 13.5. The van der Waals surface area contributed by atoms with E-state index in [9.17, 15) is 9.18 Å². The first kappa shape index (κ1) is 15.2. The highest BCUT2D eigenvalue weighted by molar-refractivity contribution is 9.10. The summed E-state index contributed by atoms with van der Waals surface area (Å²) in [6, 6.07) is 4.45. The van der Waals surface area contributed by atoms with Gasteiger partial charge in [0.1, 0.15) is 5.82 Å². The van der Waals surface area contributed by atoms with E-state index in [0.29, 0.717) is 4.47 Å². The molecule has 100 valence electrons. The summed E-state index contributed by atoms with van der Waals surface area (Å²) >= 11 is 3.24. The van der Waals surface area contributed by atoms with Crippen molar-refractivity contribution in [1.82, 2.24) is 5.32 Å². The minimum absolute atomic E-state index is 0.0717. The Labute approximate surface area is 116 Å². The van der Waals surface area contributed by atoms with Gasteiger partial charge in [0, 0.05) is 10.5 Å². The van der Waals surface area contributed by atoms with E-state index in [1.165, 1.54) is 12.1 Å². The van der Waals surface area contributed by atoms with Crippen molar-refractivity contribution in [3.63, 3.8) is 0 Å². The van der Waals surface area contributed by atoms with Crippen LogP contribution in [0.4, 0.5) is 4.39 Å². The van der Waals surface area contributed by atoms with Gasteiger partial charge >= 0.3 is 0 Å². The van der Waals surface area contributed by atoms with E-state index in [4.69, 9.17) is 0 Å². The van der Waals surface area contributed by atoms with Crippen LogP contribution in [0.15, 0.2) is 22.7 Å². The van der Waals surface area contributed by atoms with E-state index in [-0.39, 0.29) is 17.5 Å². The second-order valence-corrected chi connectivity index (χ2v) is 5.41. The molecule has 0 fully saturated rings. The third-order valence-corrected chi connectivity index (χ3v) is 3.28. The summed E-state index contributed by atoms with van der Waals surface area (Å²) in [4.78, 5) is 11.9. The predicted molar refractivity (Wildman–Crippen MR) is 75.2 cm³/mol. The van der Waals surface area contributed by atoms with Gasteiger partial charge in [-0.05, 0) is 31.5 Å². The monoisotopic (exact) mass is 315 g/mol. The summed E-state index contributed by atoms with van der Waals surface area (Å²) in [6.07, 6.45) is 4.32. The molecule has 0 heterocycles. The average Bonchev–Trinajstić information content (AvgIpc) is 2.32. The van der Waals surface area contributed by atoms with Crippen LogP contribution in [0.2, 0.25) is 0 Å². The fourth-order valence-corrected chi connectivity index (χ4v) is 2.11.